The monoisotopic (exact) mass is 357 g/mol. The summed E-state index contributed by atoms with van der Waals surface area (Å²) in [7, 11) is 0. The lowest BCUT2D eigenvalue weighted by Gasteiger charge is -2.35. The van der Waals surface area contributed by atoms with Crippen LogP contribution in [0.5, 0.6) is 0 Å². The Hall–Kier alpha value is -1.47. The van der Waals surface area contributed by atoms with E-state index in [1.165, 1.54) is 23.1 Å². The number of halogens is 2. The summed E-state index contributed by atoms with van der Waals surface area (Å²) in [5, 5.41) is 5.78. The van der Waals surface area contributed by atoms with Crippen LogP contribution in [0.4, 0.5) is 4.39 Å². The molecule has 5 nitrogen and oxygen atoms in total. The maximum Gasteiger partial charge on any atom is 0.257 e. The fourth-order valence-electron chi connectivity index (χ4n) is 2.29. The van der Waals surface area contributed by atoms with Crippen LogP contribution in [0.15, 0.2) is 22.7 Å². The van der Waals surface area contributed by atoms with Gasteiger partial charge in [0.1, 0.15) is 11.9 Å². The molecule has 1 aliphatic heterocycles. The van der Waals surface area contributed by atoms with Gasteiger partial charge in [0.2, 0.25) is 5.91 Å². The second-order valence-corrected chi connectivity index (χ2v) is 5.65. The summed E-state index contributed by atoms with van der Waals surface area (Å²) in [5.74, 6) is -1.28. The predicted octanol–water partition coefficient (Wildman–Crippen LogP) is 1.14. The lowest BCUT2D eigenvalue weighted by Crippen LogP contribution is -2.59. The van der Waals surface area contributed by atoms with Crippen molar-refractivity contribution in [3.63, 3.8) is 0 Å². The van der Waals surface area contributed by atoms with Gasteiger partial charge < -0.3 is 15.5 Å². The van der Waals surface area contributed by atoms with Gasteiger partial charge in [-0.25, -0.2) is 4.39 Å². The van der Waals surface area contributed by atoms with E-state index >= 15 is 0 Å². The van der Waals surface area contributed by atoms with E-state index in [1.807, 2.05) is 6.92 Å². The Morgan fingerprint density at radius 3 is 3.00 bits per heavy atom. The largest absolute Gasteiger partial charge is 0.355 e. The van der Waals surface area contributed by atoms with Gasteiger partial charge in [-0.3, -0.25) is 9.59 Å². The topological polar surface area (TPSA) is 61.4 Å². The summed E-state index contributed by atoms with van der Waals surface area (Å²) >= 11 is 3.23. The molecule has 0 aliphatic carbocycles. The number of nitrogens with zero attached hydrogens (tertiary/aromatic N) is 1. The Balaban J connectivity index is 2.26. The van der Waals surface area contributed by atoms with Gasteiger partial charge in [0, 0.05) is 30.7 Å². The maximum atomic E-state index is 13.9. The third-order valence-electron chi connectivity index (χ3n) is 3.32. The van der Waals surface area contributed by atoms with E-state index in [9.17, 15) is 14.0 Å². The van der Waals surface area contributed by atoms with Crippen LogP contribution in [-0.2, 0) is 4.79 Å². The van der Waals surface area contributed by atoms with Gasteiger partial charge in [0.05, 0.1) is 5.56 Å². The van der Waals surface area contributed by atoms with Crippen molar-refractivity contribution in [2.45, 2.75) is 13.0 Å². The molecule has 21 heavy (non-hydrogen) atoms. The molecule has 1 aromatic carbocycles. The number of carbonyl (C=O) groups is 2. The number of likely N-dealkylation sites (N-methyl/N-ethyl adjacent to an activating group) is 1. The molecule has 0 bridgehead atoms. The summed E-state index contributed by atoms with van der Waals surface area (Å²) in [4.78, 5) is 26.0. The van der Waals surface area contributed by atoms with E-state index in [4.69, 9.17) is 0 Å². The second-order valence-electron chi connectivity index (χ2n) is 4.74. The lowest BCUT2D eigenvalue weighted by molar-refractivity contribution is -0.126. The first-order valence-corrected chi connectivity index (χ1v) is 7.58. The van der Waals surface area contributed by atoms with Gasteiger partial charge in [-0.05, 0) is 25.1 Å². The minimum Gasteiger partial charge on any atom is -0.355 e. The van der Waals surface area contributed by atoms with Crippen molar-refractivity contribution in [3.8, 4) is 0 Å². The van der Waals surface area contributed by atoms with Crippen LogP contribution in [-0.4, -0.2) is 48.9 Å². The van der Waals surface area contributed by atoms with Gasteiger partial charge in [0.25, 0.3) is 5.91 Å². The number of nitrogens with one attached hydrogen (secondary N) is 2. The van der Waals surface area contributed by atoms with Crippen molar-refractivity contribution in [2.75, 3.05) is 26.2 Å². The van der Waals surface area contributed by atoms with Crippen molar-refractivity contribution in [3.05, 3.63) is 34.1 Å². The second kappa shape index (κ2) is 7.00. The number of rotatable bonds is 3. The first-order valence-electron chi connectivity index (χ1n) is 6.79. The first kappa shape index (κ1) is 15.9. The SMILES string of the molecule is CCNC(=O)C1CNCCN1C(=O)c1cc(Br)ccc1F. The van der Waals surface area contributed by atoms with E-state index in [0.717, 1.165) is 0 Å². The van der Waals surface area contributed by atoms with Crippen LogP contribution in [0.3, 0.4) is 0 Å². The highest BCUT2D eigenvalue weighted by Gasteiger charge is 2.33. The molecule has 7 heteroatoms. The Labute approximate surface area is 131 Å². The zero-order valence-corrected chi connectivity index (χ0v) is 13.2. The normalized spacial score (nSPS) is 18.4. The molecular weight excluding hydrogens is 341 g/mol. The molecule has 0 spiro atoms. The molecule has 114 valence electrons. The molecule has 1 atom stereocenters. The first-order chi connectivity index (χ1) is 10.0. The van der Waals surface area contributed by atoms with Crippen LogP contribution in [0.2, 0.25) is 0 Å². The highest BCUT2D eigenvalue weighted by molar-refractivity contribution is 9.10. The molecule has 0 radical (unpaired) electrons. The number of benzene rings is 1. The van der Waals surface area contributed by atoms with Crippen LogP contribution in [0, 0.1) is 5.82 Å². The molecule has 1 heterocycles. The fourth-order valence-corrected chi connectivity index (χ4v) is 2.65. The molecule has 1 saturated heterocycles. The third kappa shape index (κ3) is 3.59. The van der Waals surface area contributed by atoms with Crippen molar-refractivity contribution in [2.24, 2.45) is 0 Å². The Morgan fingerprint density at radius 1 is 1.52 bits per heavy atom. The molecule has 2 N–H and O–H groups in total. The van der Waals surface area contributed by atoms with Crippen molar-refractivity contribution in [1.82, 2.24) is 15.5 Å². The van der Waals surface area contributed by atoms with Crippen molar-refractivity contribution < 1.29 is 14.0 Å². The standard InChI is InChI=1S/C14H17BrFN3O2/c1-2-18-13(20)12-8-17-5-6-19(12)14(21)10-7-9(15)3-4-11(10)16/h3-4,7,12,17H,2,5-6,8H2,1H3,(H,18,20). The van der Waals surface area contributed by atoms with E-state index < -0.39 is 17.8 Å². The van der Waals surface area contributed by atoms with Gasteiger partial charge in [-0.15, -0.1) is 0 Å². The van der Waals surface area contributed by atoms with Crippen LogP contribution in [0.25, 0.3) is 0 Å². The van der Waals surface area contributed by atoms with Gasteiger partial charge in [0.15, 0.2) is 0 Å². The van der Waals surface area contributed by atoms with E-state index in [0.29, 0.717) is 30.7 Å². The summed E-state index contributed by atoms with van der Waals surface area (Å²) < 4.78 is 14.5. The van der Waals surface area contributed by atoms with Crippen LogP contribution < -0.4 is 10.6 Å². The van der Waals surface area contributed by atoms with Crippen LogP contribution in [0.1, 0.15) is 17.3 Å². The summed E-state index contributed by atoms with van der Waals surface area (Å²) in [6.45, 7) is 3.62. The van der Waals surface area contributed by atoms with Crippen molar-refractivity contribution in [1.29, 1.82) is 0 Å². The molecular formula is C14H17BrFN3O2. The number of amides is 2. The number of hydrogen-bond donors (Lipinski definition) is 2. The van der Waals surface area contributed by atoms with E-state index in [1.54, 1.807) is 0 Å². The fraction of sp³-hybridized carbons (Fsp3) is 0.429. The molecule has 0 aromatic heterocycles. The quantitative estimate of drug-likeness (QED) is 0.852. The maximum absolute atomic E-state index is 13.9. The average molecular weight is 358 g/mol. The Morgan fingerprint density at radius 2 is 2.29 bits per heavy atom. The highest BCUT2D eigenvalue weighted by Crippen LogP contribution is 2.19. The van der Waals surface area contributed by atoms with Gasteiger partial charge in [-0.2, -0.15) is 0 Å². The molecule has 2 rings (SSSR count). The van der Waals surface area contributed by atoms with E-state index in [-0.39, 0.29) is 11.5 Å². The minimum absolute atomic E-state index is 0.0272. The van der Waals surface area contributed by atoms with Gasteiger partial charge in [-0.1, -0.05) is 15.9 Å². The minimum atomic E-state index is -0.621. The summed E-state index contributed by atoms with van der Waals surface area (Å²) in [6.07, 6.45) is 0. The number of hydrogen-bond acceptors (Lipinski definition) is 3. The number of carbonyl (C=O) groups excluding carboxylic acids is 2. The molecule has 1 unspecified atom stereocenters. The highest BCUT2D eigenvalue weighted by atomic mass is 79.9. The average Bonchev–Trinajstić information content (AvgIpc) is 2.49. The molecule has 1 aromatic rings. The Bertz CT molecular complexity index is 553. The summed E-state index contributed by atoms with van der Waals surface area (Å²) in [5.41, 5.74) is -0.0272. The zero-order chi connectivity index (χ0) is 15.4. The third-order valence-corrected chi connectivity index (χ3v) is 3.81. The Kier molecular flexibility index (Phi) is 5.30. The van der Waals surface area contributed by atoms with Gasteiger partial charge >= 0.3 is 0 Å². The number of piperazine rings is 1. The molecule has 1 aliphatic rings. The predicted molar refractivity (Wildman–Crippen MR) is 80.5 cm³/mol. The van der Waals surface area contributed by atoms with E-state index in [2.05, 4.69) is 26.6 Å². The smallest absolute Gasteiger partial charge is 0.257 e. The van der Waals surface area contributed by atoms with Crippen molar-refractivity contribution >= 4 is 27.7 Å². The lowest BCUT2D eigenvalue weighted by atomic mass is 10.1. The molecule has 1 fully saturated rings. The zero-order valence-electron chi connectivity index (χ0n) is 11.7. The summed E-state index contributed by atoms with van der Waals surface area (Å²) in [6, 6.07) is 3.59. The molecule has 0 saturated carbocycles. The molecule has 2 amide bonds. The van der Waals surface area contributed by atoms with Crippen LogP contribution >= 0.6 is 15.9 Å².